The van der Waals surface area contributed by atoms with Crippen LogP contribution in [0.5, 0.6) is 5.75 Å². The molecule has 0 bridgehead atoms. The zero-order valence-electron chi connectivity index (χ0n) is 11.1. The van der Waals surface area contributed by atoms with Gasteiger partial charge in [0.25, 0.3) is 0 Å². The third-order valence-corrected chi connectivity index (χ3v) is 3.08. The molecule has 3 nitrogen and oxygen atoms in total. The molecule has 19 heavy (non-hydrogen) atoms. The summed E-state index contributed by atoms with van der Waals surface area (Å²) < 4.78 is 19.1. The summed E-state index contributed by atoms with van der Waals surface area (Å²) in [6.45, 7) is 0. The molecule has 0 saturated heterocycles. The maximum Gasteiger partial charge on any atom is 0.146 e. The number of para-hydroxylation sites is 1. The van der Waals surface area contributed by atoms with Gasteiger partial charge in [0.15, 0.2) is 0 Å². The number of aromatic nitrogens is 1. The van der Waals surface area contributed by atoms with Crippen molar-refractivity contribution in [2.45, 2.75) is 12.5 Å². The average Bonchev–Trinajstić information content (AvgIpc) is 2.46. The van der Waals surface area contributed by atoms with E-state index in [-0.39, 0.29) is 11.9 Å². The predicted molar refractivity (Wildman–Crippen MR) is 72.7 cm³/mol. The third-order valence-electron chi connectivity index (χ3n) is 3.08. The van der Waals surface area contributed by atoms with Gasteiger partial charge in [-0.05, 0) is 37.2 Å². The molecule has 2 rings (SSSR count). The van der Waals surface area contributed by atoms with E-state index in [1.165, 1.54) is 6.07 Å². The maximum atomic E-state index is 13.8. The first kappa shape index (κ1) is 13.5. The van der Waals surface area contributed by atoms with E-state index < -0.39 is 0 Å². The smallest absolute Gasteiger partial charge is 0.146 e. The Hall–Kier alpha value is -1.94. The zero-order chi connectivity index (χ0) is 13.7. The van der Waals surface area contributed by atoms with E-state index in [1.54, 1.807) is 26.4 Å². The van der Waals surface area contributed by atoms with E-state index in [9.17, 15) is 4.39 Å². The Balaban J connectivity index is 2.27. The van der Waals surface area contributed by atoms with Gasteiger partial charge >= 0.3 is 0 Å². The van der Waals surface area contributed by atoms with Gasteiger partial charge in [-0.3, -0.25) is 4.98 Å². The fraction of sp³-hybridized carbons (Fsp3) is 0.267. The van der Waals surface area contributed by atoms with E-state index in [2.05, 4.69) is 10.3 Å². The number of methoxy groups -OCH3 is 1. The molecule has 0 spiro atoms. The van der Waals surface area contributed by atoms with Crippen LogP contribution in [0.15, 0.2) is 42.6 Å². The number of nitrogens with zero attached hydrogens (tertiary/aromatic N) is 1. The minimum atomic E-state index is -0.295. The Bertz CT molecular complexity index is 545. The molecule has 0 aliphatic carbocycles. The molecule has 1 aromatic carbocycles. The van der Waals surface area contributed by atoms with Crippen LogP contribution in [0.4, 0.5) is 4.39 Å². The van der Waals surface area contributed by atoms with Gasteiger partial charge in [-0.15, -0.1) is 0 Å². The van der Waals surface area contributed by atoms with E-state index >= 15 is 0 Å². The second kappa shape index (κ2) is 6.29. The summed E-state index contributed by atoms with van der Waals surface area (Å²) in [5, 5.41) is 3.10. The Kier molecular flexibility index (Phi) is 4.47. The van der Waals surface area contributed by atoms with Gasteiger partial charge in [0.1, 0.15) is 11.6 Å². The van der Waals surface area contributed by atoms with Crippen molar-refractivity contribution >= 4 is 0 Å². The molecule has 1 unspecified atom stereocenters. The van der Waals surface area contributed by atoms with Crippen molar-refractivity contribution in [3.63, 3.8) is 0 Å². The summed E-state index contributed by atoms with van der Waals surface area (Å²) in [6, 6.07) is 10.6. The molecular weight excluding hydrogens is 243 g/mol. The molecule has 0 fully saturated rings. The van der Waals surface area contributed by atoms with Crippen LogP contribution >= 0.6 is 0 Å². The monoisotopic (exact) mass is 260 g/mol. The lowest BCUT2D eigenvalue weighted by Gasteiger charge is -2.17. The van der Waals surface area contributed by atoms with Crippen LogP contribution in [-0.2, 0) is 6.42 Å². The summed E-state index contributed by atoms with van der Waals surface area (Å²) in [4.78, 5) is 4.12. The molecular formula is C15H17FN2O. The molecule has 0 saturated carbocycles. The van der Waals surface area contributed by atoms with E-state index in [4.69, 9.17) is 4.74 Å². The highest BCUT2D eigenvalue weighted by Crippen LogP contribution is 2.24. The fourth-order valence-electron chi connectivity index (χ4n) is 2.08. The number of likely N-dealkylation sites (N-methyl/N-ethyl adjacent to an activating group) is 1. The van der Waals surface area contributed by atoms with Crippen molar-refractivity contribution in [1.82, 2.24) is 10.3 Å². The van der Waals surface area contributed by atoms with Crippen LogP contribution < -0.4 is 10.1 Å². The van der Waals surface area contributed by atoms with Crippen LogP contribution in [0.1, 0.15) is 17.3 Å². The van der Waals surface area contributed by atoms with E-state index in [0.29, 0.717) is 12.1 Å². The number of nitrogens with one attached hydrogen (secondary N) is 1. The van der Waals surface area contributed by atoms with Crippen LogP contribution in [0.2, 0.25) is 0 Å². The first-order chi connectivity index (χ1) is 9.26. The first-order valence-electron chi connectivity index (χ1n) is 6.16. The fourth-order valence-corrected chi connectivity index (χ4v) is 2.08. The second-order valence-electron chi connectivity index (χ2n) is 4.23. The van der Waals surface area contributed by atoms with Crippen LogP contribution in [0.3, 0.4) is 0 Å². The van der Waals surface area contributed by atoms with Crippen molar-refractivity contribution in [2.75, 3.05) is 14.2 Å². The van der Waals surface area contributed by atoms with Crippen molar-refractivity contribution < 1.29 is 9.13 Å². The highest BCUT2D eigenvalue weighted by Gasteiger charge is 2.17. The second-order valence-corrected chi connectivity index (χ2v) is 4.23. The first-order valence-corrected chi connectivity index (χ1v) is 6.16. The lowest BCUT2D eigenvalue weighted by atomic mass is 10.0. The molecule has 0 aliphatic rings. The molecule has 4 heteroatoms. The van der Waals surface area contributed by atoms with Crippen molar-refractivity contribution in [3.8, 4) is 5.75 Å². The Morgan fingerprint density at radius 2 is 2.05 bits per heavy atom. The van der Waals surface area contributed by atoms with Gasteiger partial charge in [0.2, 0.25) is 0 Å². The summed E-state index contributed by atoms with van der Waals surface area (Å²) in [5.74, 6) is 0.510. The van der Waals surface area contributed by atoms with Gasteiger partial charge < -0.3 is 10.1 Å². The van der Waals surface area contributed by atoms with Crippen LogP contribution in [0.25, 0.3) is 0 Å². The quantitative estimate of drug-likeness (QED) is 0.897. The minimum Gasteiger partial charge on any atom is -0.496 e. The average molecular weight is 260 g/mol. The van der Waals surface area contributed by atoms with Gasteiger partial charge in [-0.2, -0.15) is 0 Å². The topological polar surface area (TPSA) is 34.1 Å². The molecule has 1 atom stereocenters. The summed E-state index contributed by atoms with van der Waals surface area (Å²) >= 11 is 0. The van der Waals surface area contributed by atoms with Gasteiger partial charge in [-0.25, -0.2) is 4.39 Å². The van der Waals surface area contributed by atoms with Crippen molar-refractivity contribution in [3.05, 3.63) is 59.7 Å². The lowest BCUT2D eigenvalue weighted by Crippen LogP contribution is -2.21. The van der Waals surface area contributed by atoms with Gasteiger partial charge in [0, 0.05) is 6.20 Å². The molecule has 0 radical (unpaired) electrons. The number of hydrogen-bond donors (Lipinski definition) is 1. The number of hydrogen-bond acceptors (Lipinski definition) is 3. The third kappa shape index (κ3) is 3.09. The van der Waals surface area contributed by atoms with E-state index in [1.807, 2.05) is 24.3 Å². The Morgan fingerprint density at radius 3 is 2.74 bits per heavy atom. The normalized spacial score (nSPS) is 12.2. The summed E-state index contributed by atoms with van der Waals surface area (Å²) in [7, 11) is 3.43. The molecule has 1 aromatic heterocycles. The molecule has 100 valence electrons. The lowest BCUT2D eigenvalue weighted by molar-refractivity contribution is 0.405. The standard InChI is InChI=1S/C15H17FN2O/c1-17-13(15-12(16)7-5-9-18-15)10-11-6-3-4-8-14(11)19-2/h3-9,13,17H,10H2,1-2H3. The van der Waals surface area contributed by atoms with E-state index in [0.717, 1.165) is 11.3 Å². The number of rotatable bonds is 5. The van der Waals surface area contributed by atoms with Crippen LogP contribution in [0, 0.1) is 5.82 Å². The van der Waals surface area contributed by atoms with Crippen molar-refractivity contribution in [2.24, 2.45) is 0 Å². The van der Waals surface area contributed by atoms with Gasteiger partial charge in [-0.1, -0.05) is 18.2 Å². The SMILES string of the molecule is CNC(Cc1ccccc1OC)c1ncccc1F. The highest BCUT2D eigenvalue weighted by molar-refractivity contribution is 5.34. The molecule has 1 N–H and O–H groups in total. The maximum absolute atomic E-state index is 13.8. The van der Waals surface area contributed by atoms with Crippen molar-refractivity contribution in [1.29, 1.82) is 0 Å². The Labute approximate surface area is 112 Å². The number of benzene rings is 1. The minimum absolute atomic E-state index is 0.183. The predicted octanol–water partition coefficient (Wildman–Crippen LogP) is 2.73. The summed E-state index contributed by atoms with van der Waals surface area (Å²) in [6.07, 6.45) is 2.22. The summed E-state index contributed by atoms with van der Waals surface area (Å²) in [5.41, 5.74) is 1.45. The molecule has 0 amide bonds. The highest BCUT2D eigenvalue weighted by atomic mass is 19.1. The van der Waals surface area contributed by atoms with Crippen LogP contribution in [-0.4, -0.2) is 19.1 Å². The molecule has 1 heterocycles. The van der Waals surface area contributed by atoms with Gasteiger partial charge in [0.05, 0.1) is 18.8 Å². The Morgan fingerprint density at radius 1 is 1.26 bits per heavy atom. The largest absolute Gasteiger partial charge is 0.496 e. The molecule has 2 aromatic rings. The zero-order valence-corrected chi connectivity index (χ0v) is 11.1. The number of pyridine rings is 1. The number of ether oxygens (including phenoxy) is 1. The number of halogens is 1. The molecule has 0 aliphatic heterocycles.